The smallest absolute Gasteiger partial charge is 0.259 e. The number of nitrogens with two attached hydrogens (primary N) is 1. The second-order valence-electron chi connectivity index (χ2n) is 7.51. The fraction of sp³-hybridized carbons (Fsp3) is 0.167. The molecule has 3 heterocycles. The van der Waals surface area contributed by atoms with Crippen LogP contribution in [0.25, 0.3) is 33.0 Å². The summed E-state index contributed by atoms with van der Waals surface area (Å²) in [7, 11) is 1.60. The Labute approximate surface area is 178 Å². The number of nitrogens with zero attached hydrogens (tertiary/aromatic N) is 1. The number of H-pyrrole nitrogens is 1. The van der Waals surface area contributed by atoms with Crippen LogP contribution in [-0.2, 0) is 16.1 Å². The van der Waals surface area contributed by atoms with Gasteiger partial charge < -0.3 is 20.0 Å². The lowest BCUT2D eigenvalue weighted by atomic mass is 9.95. The Kier molecular flexibility index (Phi) is 4.60. The fourth-order valence-electron chi connectivity index (χ4n) is 4.37. The highest BCUT2D eigenvalue weighted by Crippen LogP contribution is 2.41. The third kappa shape index (κ3) is 2.93. The number of amides is 2. The van der Waals surface area contributed by atoms with Crippen LogP contribution in [0.1, 0.15) is 17.5 Å². The lowest BCUT2D eigenvalue weighted by molar-refractivity contribution is -0.122. The number of nitrogens with one attached hydrogen (secondary N) is 2. The van der Waals surface area contributed by atoms with Gasteiger partial charge in [0.25, 0.3) is 11.8 Å². The van der Waals surface area contributed by atoms with Crippen molar-refractivity contribution in [2.75, 3.05) is 13.7 Å². The molecule has 156 valence electrons. The Morgan fingerprint density at radius 2 is 1.77 bits per heavy atom. The number of carbonyl (C=O) groups excluding carboxylic acids is 2. The van der Waals surface area contributed by atoms with Crippen LogP contribution in [0.2, 0.25) is 0 Å². The van der Waals surface area contributed by atoms with Gasteiger partial charge in [0, 0.05) is 46.4 Å². The Morgan fingerprint density at radius 3 is 2.55 bits per heavy atom. The summed E-state index contributed by atoms with van der Waals surface area (Å²) in [6.45, 7) is 1.26. The third-order valence-corrected chi connectivity index (χ3v) is 5.75. The molecule has 5 rings (SSSR count). The van der Waals surface area contributed by atoms with E-state index < -0.39 is 11.8 Å². The van der Waals surface area contributed by atoms with Crippen LogP contribution in [0.5, 0.6) is 5.75 Å². The van der Waals surface area contributed by atoms with Crippen LogP contribution in [-0.4, -0.2) is 35.0 Å². The molecule has 0 atom stereocenters. The Hall–Kier alpha value is -3.84. The standard InChI is InChI=1S/C24H22N4O3/c1-31-19-9-4-8-18-20(19)16(13-28(18)11-5-10-25)22-21(23(29)27-24(22)30)15-12-26-17-7-3-2-6-14(15)17/h2-4,6-9,12-13,26H,5,10-11,25H2,1H3,(H,27,29,30). The maximum atomic E-state index is 13.0. The molecule has 0 fully saturated rings. The number of hydrogen-bond acceptors (Lipinski definition) is 4. The van der Waals surface area contributed by atoms with Gasteiger partial charge in [-0.15, -0.1) is 0 Å². The van der Waals surface area contributed by atoms with Gasteiger partial charge in [-0.3, -0.25) is 14.9 Å². The van der Waals surface area contributed by atoms with E-state index in [0.717, 1.165) is 28.2 Å². The summed E-state index contributed by atoms with van der Waals surface area (Å²) < 4.78 is 7.69. The van der Waals surface area contributed by atoms with Gasteiger partial charge in [-0.25, -0.2) is 0 Å². The maximum absolute atomic E-state index is 13.0. The van der Waals surface area contributed by atoms with Gasteiger partial charge in [0.05, 0.1) is 23.8 Å². The molecule has 2 aromatic heterocycles. The molecule has 31 heavy (non-hydrogen) atoms. The Balaban J connectivity index is 1.83. The third-order valence-electron chi connectivity index (χ3n) is 5.75. The molecule has 7 nitrogen and oxygen atoms in total. The van der Waals surface area contributed by atoms with Crippen molar-refractivity contribution < 1.29 is 14.3 Å². The number of fused-ring (bicyclic) bond motifs is 2. The number of methoxy groups -OCH3 is 1. The lowest BCUT2D eigenvalue weighted by Crippen LogP contribution is -2.22. The van der Waals surface area contributed by atoms with E-state index in [1.54, 1.807) is 13.3 Å². The van der Waals surface area contributed by atoms with E-state index >= 15 is 0 Å². The number of para-hydroxylation sites is 1. The molecule has 0 bridgehead atoms. The summed E-state index contributed by atoms with van der Waals surface area (Å²) in [5.74, 6) is -0.159. The number of imide groups is 1. The molecule has 0 spiro atoms. The summed E-state index contributed by atoms with van der Waals surface area (Å²) >= 11 is 0. The predicted molar refractivity (Wildman–Crippen MR) is 120 cm³/mol. The molecule has 1 aliphatic rings. The summed E-state index contributed by atoms with van der Waals surface area (Å²) in [5, 5.41) is 4.18. The average Bonchev–Trinajstić information content (AvgIpc) is 3.45. The minimum Gasteiger partial charge on any atom is -0.496 e. The zero-order valence-electron chi connectivity index (χ0n) is 17.1. The molecule has 2 amide bonds. The predicted octanol–water partition coefficient (Wildman–Crippen LogP) is 3.05. The molecule has 4 N–H and O–H groups in total. The second kappa shape index (κ2) is 7.45. The van der Waals surface area contributed by atoms with Crippen molar-refractivity contribution >= 4 is 44.8 Å². The molecular formula is C24H22N4O3. The van der Waals surface area contributed by atoms with Gasteiger partial charge in [-0.05, 0) is 31.2 Å². The lowest BCUT2D eigenvalue weighted by Gasteiger charge is -2.07. The normalized spacial score (nSPS) is 14.1. The van der Waals surface area contributed by atoms with Gasteiger partial charge >= 0.3 is 0 Å². The topological polar surface area (TPSA) is 102 Å². The number of rotatable bonds is 6. The fourth-order valence-corrected chi connectivity index (χ4v) is 4.37. The number of hydrogen-bond donors (Lipinski definition) is 3. The number of aromatic nitrogens is 2. The zero-order chi connectivity index (χ0) is 21.5. The van der Waals surface area contributed by atoms with Gasteiger partial charge in [-0.2, -0.15) is 0 Å². The first-order valence-electron chi connectivity index (χ1n) is 10.2. The number of aryl methyl sites for hydroxylation is 1. The van der Waals surface area contributed by atoms with Gasteiger partial charge in [-0.1, -0.05) is 24.3 Å². The van der Waals surface area contributed by atoms with E-state index in [-0.39, 0.29) is 0 Å². The van der Waals surface area contributed by atoms with E-state index in [4.69, 9.17) is 10.5 Å². The van der Waals surface area contributed by atoms with Crippen molar-refractivity contribution in [1.82, 2.24) is 14.9 Å². The average molecular weight is 414 g/mol. The molecule has 0 radical (unpaired) electrons. The molecule has 7 heteroatoms. The first-order chi connectivity index (χ1) is 15.1. The molecule has 0 saturated carbocycles. The largest absolute Gasteiger partial charge is 0.496 e. The van der Waals surface area contributed by atoms with Gasteiger partial charge in [0.15, 0.2) is 0 Å². The van der Waals surface area contributed by atoms with E-state index in [0.29, 0.717) is 41.1 Å². The van der Waals surface area contributed by atoms with E-state index in [1.807, 2.05) is 48.7 Å². The molecule has 0 saturated heterocycles. The number of ether oxygens (including phenoxy) is 1. The van der Waals surface area contributed by atoms with Crippen LogP contribution in [0, 0.1) is 0 Å². The second-order valence-corrected chi connectivity index (χ2v) is 7.51. The monoisotopic (exact) mass is 414 g/mol. The van der Waals surface area contributed by atoms with Gasteiger partial charge in [0.2, 0.25) is 0 Å². The SMILES string of the molecule is COc1cccc2c1c(C1=C(c3c[nH]c4ccccc34)C(=O)NC1=O)cn2CCCN. The Morgan fingerprint density at radius 1 is 1.00 bits per heavy atom. The highest BCUT2D eigenvalue weighted by molar-refractivity contribution is 6.50. The van der Waals surface area contributed by atoms with Crippen molar-refractivity contribution in [3.63, 3.8) is 0 Å². The Bertz CT molecular complexity index is 1380. The quantitative estimate of drug-likeness (QED) is 0.422. The summed E-state index contributed by atoms with van der Waals surface area (Å²) in [5.41, 5.74) is 9.66. The van der Waals surface area contributed by atoms with E-state index in [1.165, 1.54) is 0 Å². The van der Waals surface area contributed by atoms with E-state index in [2.05, 4.69) is 14.9 Å². The van der Waals surface area contributed by atoms with Crippen molar-refractivity contribution in [1.29, 1.82) is 0 Å². The highest BCUT2D eigenvalue weighted by Gasteiger charge is 2.35. The molecule has 4 aromatic rings. The summed E-state index contributed by atoms with van der Waals surface area (Å²) in [6, 6.07) is 13.5. The number of carbonyl (C=O) groups is 2. The highest BCUT2D eigenvalue weighted by atomic mass is 16.5. The van der Waals surface area contributed by atoms with Crippen molar-refractivity contribution in [3.8, 4) is 5.75 Å². The molecule has 0 aliphatic carbocycles. The maximum Gasteiger partial charge on any atom is 0.259 e. The van der Waals surface area contributed by atoms with Crippen LogP contribution >= 0.6 is 0 Å². The van der Waals surface area contributed by atoms with Crippen LogP contribution in [0.3, 0.4) is 0 Å². The van der Waals surface area contributed by atoms with Crippen molar-refractivity contribution in [2.24, 2.45) is 5.73 Å². The van der Waals surface area contributed by atoms with Crippen molar-refractivity contribution in [2.45, 2.75) is 13.0 Å². The summed E-state index contributed by atoms with van der Waals surface area (Å²) in [6.07, 6.45) is 4.49. The first kappa shape index (κ1) is 19.1. The van der Waals surface area contributed by atoms with Crippen LogP contribution in [0.15, 0.2) is 54.9 Å². The number of benzene rings is 2. The minimum absolute atomic E-state index is 0.357. The van der Waals surface area contributed by atoms with E-state index in [9.17, 15) is 9.59 Å². The summed E-state index contributed by atoms with van der Waals surface area (Å²) in [4.78, 5) is 29.1. The van der Waals surface area contributed by atoms with Crippen LogP contribution < -0.4 is 15.8 Å². The molecule has 1 aliphatic heterocycles. The molecule has 0 unspecified atom stereocenters. The van der Waals surface area contributed by atoms with Gasteiger partial charge in [0.1, 0.15) is 5.75 Å². The molecular weight excluding hydrogens is 392 g/mol. The number of aromatic amines is 1. The molecule has 2 aromatic carbocycles. The first-order valence-corrected chi connectivity index (χ1v) is 10.2. The van der Waals surface area contributed by atoms with Crippen molar-refractivity contribution in [3.05, 3.63) is 66.0 Å². The minimum atomic E-state index is -0.408. The zero-order valence-corrected chi connectivity index (χ0v) is 17.1. The van der Waals surface area contributed by atoms with Crippen LogP contribution in [0.4, 0.5) is 0 Å².